The Hall–Kier alpha value is -3.36. The van der Waals surface area contributed by atoms with Crippen LogP contribution in [0.4, 0.5) is 17.5 Å². The molecule has 12 nitrogen and oxygen atoms in total. The lowest BCUT2D eigenvalue weighted by Crippen LogP contribution is -2.47. The fourth-order valence-electron chi connectivity index (χ4n) is 3.69. The summed E-state index contributed by atoms with van der Waals surface area (Å²) in [4.78, 5) is 42.5. The van der Waals surface area contributed by atoms with Crippen LogP contribution in [0, 0.1) is 5.92 Å². The zero-order chi connectivity index (χ0) is 24.0. The van der Waals surface area contributed by atoms with E-state index in [4.69, 9.17) is 0 Å². The molecule has 0 atom stereocenters. The van der Waals surface area contributed by atoms with Crippen LogP contribution in [-0.4, -0.2) is 70.7 Å². The van der Waals surface area contributed by atoms with Crippen molar-refractivity contribution in [2.24, 2.45) is 5.92 Å². The summed E-state index contributed by atoms with van der Waals surface area (Å²) in [6.45, 7) is 2.95. The lowest BCUT2D eigenvalue weighted by Gasteiger charge is -2.38. The first-order valence-electron chi connectivity index (χ1n) is 10.8. The third-order valence-corrected chi connectivity index (χ3v) is 6.31. The number of carbonyl (C=O) groups is 3. The molecule has 3 amide bonds. The minimum absolute atomic E-state index is 0.00694. The topological polar surface area (TPSA) is 138 Å². The number of nitrogens with one attached hydrogen (secondary N) is 2. The number of pyridine rings is 1. The summed E-state index contributed by atoms with van der Waals surface area (Å²) >= 11 is 1.86. The zero-order valence-corrected chi connectivity index (χ0v) is 20.7. The highest BCUT2D eigenvalue weighted by atomic mass is 127. The van der Waals surface area contributed by atoms with Crippen molar-refractivity contribution in [3.63, 3.8) is 0 Å². The number of fused-ring (bicyclic) bond motifs is 1. The number of nitrogens with zero attached hydrogens (tertiary/aromatic N) is 7. The number of anilines is 3. The SMILES string of the molecule is CC(=O)N1CC(c2ccc3nc(Nc4cc(NC(=O)C5CC5)nnc4C(=O)N(C)I)nn3c2)C1. The Morgan fingerprint density at radius 3 is 2.62 bits per heavy atom. The molecule has 3 aromatic rings. The van der Waals surface area contributed by atoms with Gasteiger partial charge in [-0.05, 0) is 24.5 Å². The fraction of sp³-hybridized carbons (Fsp3) is 0.381. The predicted octanol–water partition coefficient (Wildman–Crippen LogP) is 1.98. The van der Waals surface area contributed by atoms with Gasteiger partial charge >= 0.3 is 0 Å². The van der Waals surface area contributed by atoms with E-state index in [0.29, 0.717) is 24.4 Å². The van der Waals surface area contributed by atoms with E-state index in [1.807, 2.05) is 41.2 Å². The maximum atomic E-state index is 12.6. The monoisotopic (exact) mass is 575 g/mol. The summed E-state index contributed by atoms with van der Waals surface area (Å²) < 4.78 is 3.02. The first-order chi connectivity index (χ1) is 16.3. The van der Waals surface area contributed by atoms with Crippen molar-refractivity contribution in [3.05, 3.63) is 35.7 Å². The normalized spacial score (nSPS) is 15.7. The quantitative estimate of drug-likeness (QED) is 0.336. The lowest BCUT2D eigenvalue weighted by molar-refractivity contribution is -0.133. The molecule has 0 unspecified atom stereocenters. The number of carbonyl (C=O) groups excluding carboxylic acids is 3. The molecule has 4 heterocycles. The molecule has 2 fully saturated rings. The van der Waals surface area contributed by atoms with Crippen LogP contribution < -0.4 is 10.6 Å². The summed E-state index contributed by atoms with van der Waals surface area (Å²) in [5.41, 5.74) is 2.11. The van der Waals surface area contributed by atoms with E-state index in [2.05, 4.69) is 30.9 Å². The Bertz CT molecular complexity index is 1300. The van der Waals surface area contributed by atoms with Gasteiger partial charge in [0.2, 0.25) is 17.8 Å². The van der Waals surface area contributed by atoms with Gasteiger partial charge in [0.1, 0.15) is 0 Å². The van der Waals surface area contributed by atoms with Gasteiger partial charge in [-0.25, -0.2) is 4.52 Å². The van der Waals surface area contributed by atoms with E-state index in [9.17, 15) is 14.4 Å². The smallest absolute Gasteiger partial charge is 0.284 e. The number of amides is 3. The fourth-order valence-corrected chi connectivity index (χ4v) is 3.91. The molecule has 1 saturated heterocycles. The van der Waals surface area contributed by atoms with Crippen LogP contribution in [0.1, 0.15) is 41.7 Å². The second-order valence-corrected chi connectivity index (χ2v) is 9.93. The third-order valence-electron chi connectivity index (χ3n) is 5.87. The molecule has 1 aliphatic carbocycles. The van der Waals surface area contributed by atoms with E-state index in [1.54, 1.807) is 29.5 Å². The van der Waals surface area contributed by atoms with Gasteiger partial charge in [0.25, 0.3) is 5.91 Å². The van der Waals surface area contributed by atoms with Gasteiger partial charge in [0, 0.05) is 51.2 Å². The molecule has 0 bridgehead atoms. The van der Waals surface area contributed by atoms with Crippen molar-refractivity contribution >= 4 is 63.7 Å². The number of aromatic nitrogens is 5. The van der Waals surface area contributed by atoms with E-state index < -0.39 is 0 Å². The van der Waals surface area contributed by atoms with Crippen LogP contribution in [0.2, 0.25) is 0 Å². The number of rotatable bonds is 6. The minimum Gasteiger partial charge on any atom is -0.342 e. The maximum Gasteiger partial charge on any atom is 0.284 e. The first kappa shape index (κ1) is 22.4. The summed E-state index contributed by atoms with van der Waals surface area (Å²) in [5, 5.41) is 18.3. The Morgan fingerprint density at radius 2 is 1.94 bits per heavy atom. The predicted molar refractivity (Wildman–Crippen MR) is 131 cm³/mol. The van der Waals surface area contributed by atoms with E-state index in [1.165, 1.54) is 3.11 Å². The van der Waals surface area contributed by atoms with Gasteiger partial charge < -0.3 is 15.5 Å². The summed E-state index contributed by atoms with van der Waals surface area (Å²) in [6, 6.07) is 5.40. The Balaban J connectivity index is 1.40. The minimum atomic E-state index is -0.360. The highest BCUT2D eigenvalue weighted by molar-refractivity contribution is 14.1. The van der Waals surface area contributed by atoms with Crippen molar-refractivity contribution in [3.8, 4) is 0 Å². The maximum absolute atomic E-state index is 12.6. The summed E-state index contributed by atoms with van der Waals surface area (Å²) in [6.07, 6.45) is 3.62. The first-order valence-corrected chi connectivity index (χ1v) is 11.8. The number of halogens is 1. The molecule has 34 heavy (non-hydrogen) atoms. The van der Waals surface area contributed by atoms with Gasteiger partial charge in [0.15, 0.2) is 17.2 Å². The van der Waals surface area contributed by atoms with Crippen molar-refractivity contribution in [1.29, 1.82) is 0 Å². The molecular weight excluding hydrogens is 553 g/mol. The molecular formula is C21H22IN9O3. The van der Waals surface area contributed by atoms with Gasteiger partial charge in [-0.15, -0.1) is 15.3 Å². The van der Waals surface area contributed by atoms with Crippen LogP contribution in [0.15, 0.2) is 24.4 Å². The van der Waals surface area contributed by atoms with Crippen LogP contribution >= 0.6 is 22.9 Å². The van der Waals surface area contributed by atoms with Gasteiger partial charge in [0.05, 0.1) is 28.6 Å². The number of likely N-dealkylation sites (tertiary alicyclic amines) is 1. The van der Waals surface area contributed by atoms with Gasteiger partial charge in [-0.3, -0.25) is 17.5 Å². The van der Waals surface area contributed by atoms with E-state index in [0.717, 1.165) is 18.4 Å². The second-order valence-electron chi connectivity index (χ2n) is 8.48. The molecule has 13 heteroatoms. The number of hydrogen-bond acceptors (Lipinski definition) is 8. The third kappa shape index (κ3) is 4.51. The Morgan fingerprint density at radius 1 is 1.18 bits per heavy atom. The summed E-state index contributed by atoms with van der Waals surface area (Å²) in [5.74, 6) is 0.397. The molecule has 0 radical (unpaired) electrons. The Labute approximate surface area is 208 Å². The van der Waals surface area contributed by atoms with Crippen LogP contribution in [0.5, 0.6) is 0 Å². The Kier molecular flexibility index (Phi) is 5.79. The second kappa shape index (κ2) is 8.77. The highest BCUT2D eigenvalue weighted by Crippen LogP contribution is 2.31. The highest BCUT2D eigenvalue weighted by Gasteiger charge is 2.31. The lowest BCUT2D eigenvalue weighted by atomic mass is 9.93. The van der Waals surface area contributed by atoms with Gasteiger partial charge in [-0.2, -0.15) is 4.98 Å². The standard InChI is InChI=1S/C21H22IN9O3/c1-11(32)30-8-14(9-30)13-5-6-17-25-21(28-31(17)10-13)23-15-7-16(24-19(33)12-3-4-12)26-27-18(15)20(34)29(2)22/h5-7,10,12,14H,3-4,8-9H2,1-2H3,(H2,23,24,26,28,33). The molecule has 1 saturated carbocycles. The molecule has 176 valence electrons. The average molecular weight is 575 g/mol. The molecule has 0 spiro atoms. The van der Waals surface area contributed by atoms with Crippen molar-refractivity contribution in [2.75, 3.05) is 30.8 Å². The summed E-state index contributed by atoms with van der Waals surface area (Å²) in [7, 11) is 1.61. The molecule has 2 aliphatic rings. The molecule has 1 aliphatic heterocycles. The average Bonchev–Trinajstić information content (AvgIpc) is 3.53. The van der Waals surface area contributed by atoms with Crippen molar-refractivity contribution in [2.45, 2.75) is 25.7 Å². The zero-order valence-electron chi connectivity index (χ0n) is 18.5. The number of hydrogen-bond donors (Lipinski definition) is 2. The van der Waals surface area contributed by atoms with E-state index >= 15 is 0 Å². The van der Waals surface area contributed by atoms with Gasteiger partial charge in [-0.1, -0.05) is 6.07 Å². The van der Waals surface area contributed by atoms with Crippen LogP contribution in [-0.2, 0) is 9.59 Å². The molecule has 2 N–H and O–H groups in total. The van der Waals surface area contributed by atoms with Crippen molar-refractivity contribution < 1.29 is 14.4 Å². The molecule has 3 aromatic heterocycles. The molecule has 5 rings (SSSR count). The molecule has 0 aromatic carbocycles. The largest absolute Gasteiger partial charge is 0.342 e. The van der Waals surface area contributed by atoms with E-state index in [-0.39, 0.29) is 47.0 Å². The van der Waals surface area contributed by atoms with Crippen molar-refractivity contribution in [1.82, 2.24) is 32.8 Å². The van der Waals surface area contributed by atoms with Crippen LogP contribution in [0.3, 0.4) is 0 Å². The van der Waals surface area contributed by atoms with Crippen LogP contribution in [0.25, 0.3) is 5.65 Å².